The molecule has 0 unspecified atom stereocenters. The summed E-state index contributed by atoms with van der Waals surface area (Å²) in [5.74, 6) is 0.0264. The Balaban J connectivity index is 1.76. The van der Waals surface area contributed by atoms with Gasteiger partial charge in [-0.3, -0.25) is 14.2 Å². The smallest absolute Gasteiger partial charge is 0.276 e. The molecular weight excluding hydrogens is 385 g/mol. The van der Waals surface area contributed by atoms with E-state index in [0.29, 0.717) is 39.7 Å². The van der Waals surface area contributed by atoms with Gasteiger partial charge in [-0.2, -0.15) is 10.2 Å². The molecule has 3 rings (SSSR count). The number of nitrogens with one attached hydrogen (secondary N) is 1. The Morgan fingerprint density at radius 3 is 2.56 bits per heavy atom. The van der Waals surface area contributed by atoms with Crippen LogP contribution in [-0.2, 0) is 13.1 Å². The van der Waals surface area contributed by atoms with E-state index in [-0.39, 0.29) is 5.91 Å². The third kappa shape index (κ3) is 3.81. The van der Waals surface area contributed by atoms with Crippen LogP contribution >= 0.6 is 34.8 Å². The minimum absolute atomic E-state index is 0.293. The van der Waals surface area contributed by atoms with E-state index in [9.17, 15) is 4.79 Å². The van der Waals surface area contributed by atoms with Crippen molar-refractivity contribution in [1.29, 1.82) is 0 Å². The fraction of sp³-hybridized carbons (Fsp3) is 0.188. The van der Waals surface area contributed by atoms with Crippen molar-refractivity contribution >= 4 is 46.5 Å². The maximum atomic E-state index is 12.4. The lowest BCUT2D eigenvalue weighted by Crippen LogP contribution is -2.18. The van der Waals surface area contributed by atoms with Gasteiger partial charge in [0.15, 0.2) is 5.82 Å². The minimum Gasteiger partial charge on any atom is -0.304 e. The Bertz CT molecular complexity index is 898. The number of halogens is 3. The van der Waals surface area contributed by atoms with Crippen molar-refractivity contribution in [3.05, 3.63) is 63.0 Å². The first-order chi connectivity index (χ1) is 12.0. The molecule has 0 saturated heterocycles. The molecule has 2 aromatic heterocycles. The van der Waals surface area contributed by atoms with Gasteiger partial charge in [0.2, 0.25) is 0 Å². The van der Waals surface area contributed by atoms with Crippen LogP contribution in [-0.4, -0.2) is 25.5 Å². The van der Waals surface area contributed by atoms with Crippen molar-refractivity contribution in [2.45, 2.75) is 20.0 Å². The Hall–Kier alpha value is -2.02. The van der Waals surface area contributed by atoms with Crippen LogP contribution in [0.1, 0.15) is 23.0 Å². The van der Waals surface area contributed by atoms with Crippen molar-refractivity contribution < 1.29 is 4.79 Å². The van der Waals surface area contributed by atoms with Gasteiger partial charge in [0.1, 0.15) is 5.69 Å². The molecular formula is C16H14Cl3N5O. The molecule has 0 bridgehead atoms. The van der Waals surface area contributed by atoms with Gasteiger partial charge in [-0.15, -0.1) is 0 Å². The minimum atomic E-state index is -0.370. The van der Waals surface area contributed by atoms with E-state index in [2.05, 4.69) is 15.5 Å². The van der Waals surface area contributed by atoms with Crippen LogP contribution in [0, 0.1) is 0 Å². The first-order valence-corrected chi connectivity index (χ1v) is 8.62. The standard InChI is InChI=1S/C16H14Cl3N5O/c1-2-24-15(13(19)8-20-24)16(25)21-14-6-7-23(22-14)9-10-11(17)4-3-5-12(10)18/h3-8H,2,9H2,1H3,(H,21,22,25). The number of rotatable bonds is 5. The number of amides is 1. The number of aromatic nitrogens is 4. The van der Waals surface area contributed by atoms with E-state index < -0.39 is 0 Å². The lowest BCUT2D eigenvalue weighted by Gasteiger charge is -2.07. The van der Waals surface area contributed by atoms with E-state index in [1.165, 1.54) is 10.9 Å². The molecule has 0 radical (unpaired) electrons. The molecule has 0 aliphatic heterocycles. The second kappa shape index (κ2) is 7.47. The van der Waals surface area contributed by atoms with Gasteiger partial charge < -0.3 is 5.32 Å². The zero-order valence-corrected chi connectivity index (χ0v) is 15.5. The molecule has 6 nitrogen and oxygen atoms in total. The highest BCUT2D eigenvalue weighted by Gasteiger charge is 2.18. The third-order valence-electron chi connectivity index (χ3n) is 3.57. The number of nitrogens with zero attached hydrogens (tertiary/aromatic N) is 4. The number of hydrogen-bond acceptors (Lipinski definition) is 3. The first kappa shape index (κ1) is 17.8. The van der Waals surface area contributed by atoms with E-state index in [1.54, 1.807) is 35.1 Å². The Morgan fingerprint density at radius 2 is 1.88 bits per heavy atom. The number of aryl methyl sites for hydroxylation is 1. The SMILES string of the molecule is CCn1ncc(Cl)c1C(=O)Nc1ccn(Cc2c(Cl)cccc2Cl)n1. The highest BCUT2D eigenvalue weighted by molar-refractivity contribution is 6.36. The van der Waals surface area contributed by atoms with Crippen LogP contribution < -0.4 is 5.32 Å². The quantitative estimate of drug-likeness (QED) is 0.694. The van der Waals surface area contributed by atoms with Gasteiger partial charge >= 0.3 is 0 Å². The Kier molecular flexibility index (Phi) is 5.32. The second-order valence-corrected chi connectivity index (χ2v) is 6.43. The average Bonchev–Trinajstić information content (AvgIpc) is 3.17. The summed E-state index contributed by atoms with van der Waals surface area (Å²) in [5, 5.41) is 12.5. The number of hydrogen-bond donors (Lipinski definition) is 1. The molecule has 0 saturated carbocycles. The number of carbonyl (C=O) groups is 1. The highest BCUT2D eigenvalue weighted by Crippen LogP contribution is 2.25. The summed E-state index contributed by atoms with van der Waals surface area (Å²) >= 11 is 18.4. The fourth-order valence-electron chi connectivity index (χ4n) is 2.37. The molecule has 130 valence electrons. The summed E-state index contributed by atoms with van der Waals surface area (Å²) in [6, 6.07) is 7.00. The van der Waals surface area contributed by atoms with Crippen LogP contribution in [0.2, 0.25) is 15.1 Å². The summed E-state index contributed by atoms with van der Waals surface area (Å²) in [4.78, 5) is 12.4. The van der Waals surface area contributed by atoms with Crippen molar-refractivity contribution in [2.24, 2.45) is 0 Å². The number of carbonyl (C=O) groups excluding carboxylic acids is 1. The largest absolute Gasteiger partial charge is 0.304 e. The van der Waals surface area contributed by atoms with Crippen LogP contribution in [0.5, 0.6) is 0 Å². The molecule has 0 fully saturated rings. The maximum absolute atomic E-state index is 12.4. The summed E-state index contributed by atoms with van der Waals surface area (Å²) in [6.07, 6.45) is 3.17. The molecule has 3 aromatic rings. The Morgan fingerprint density at radius 1 is 1.16 bits per heavy atom. The van der Waals surface area contributed by atoms with Crippen LogP contribution in [0.4, 0.5) is 5.82 Å². The molecule has 0 atom stereocenters. The zero-order chi connectivity index (χ0) is 18.0. The molecule has 1 N–H and O–H groups in total. The summed E-state index contributed by atoms with van der Waals surface area (Å²) < 4.78 is 3.17. The highest BCUT2D eigenvalue weighted by atomic mass is 35.5. The first-order valence-electron chi connectivity index (χ1n) is 7.48. The van der Waals surface area contributed by atoms with Crippen molar-refractivity contribution in [1.82, 2.24) is 19.6 Å². The van der Waals surface area contributed by atoms with Gasteiger partial charge in [0, 0.05) is 34.4 Å². The van der Waals surface area contributed by atoms with Gasteiger partial charge in [-0.1, -0.05) is 40.9 Å². The van der Waals surface area contributed by atoms with Crippen LogP contribution in [0.25, 0.3) is 0 Å². The van der Waals surface area contributed by atoms with Crippen LogP contribution in [0.3, 0.4) is 0 Å². The van der Waals surface area contributed by atoms with Gasteiger partial charge in [-0.25, -0.2) is 0 Å². The molecule has 1 amide bonds. The zero-order valence-electron chi connectivity index (χ0n) is 13.2. The maximum Gasteiger partial charge on any atom is 0.276 e. The van der Waals surface area contributed by atoms with E-state index >= 15 is 0 Å². The Labute approximate surface area is 159 Å². The van der Waals surface area contributed by atoms with Gasteiger partial charge in [0.25, 0.3) is 5.91 Å². The molecule has 0 aliphatic carbocycles. The molecule has 25 heavy (non-hydrogen) atoms. The fourth-order valence-corrected chi connectivity index (χ4v) is 3.11. The van der Waals surface area contributed by atoms with E-state index in [1.807, 2.05) is 6.92 Å². The average molecular weight is 399 g/mol. The summed E-state index contributed by atoms with van der Waals surface area (Å²) in [6.45, 7) is 2.80. The lowest BCUT2D eigenvalue weighted by atomic mass is 10.2. The number of benzene rings is 1. The van der Waals surface area contributed by atoms with Gasteiger partial charge in [0.05, 0.1) is 17.8 Å². The molecule has 2 heterocycles. The van der Waals surface area contributed by atoms with Crippen molar-refractivity contribution in [2.75, 3.05) is 5.32 Å². The van der Waals surface area contributed by atoms with E-state index in [4.69, 9.17) is 34.8 Å². The van der Waals surface area contributed by atoms with E-state index in [0.717, 1.165) is 5.56 Å². The molecule has 1 aromatic carbocycles. The molecule has 0 spiro atoms. The predicted octanol–water partition coefficient (Wildman–Crippen LogP) is 4.36. The molecule has 0 aliphatic rings. The van der Waals surface area contributed by atoms with Crippen molar-refractivity contribution in [3.8, 4) is 0 Å². The van der Waals surface area contributed by atoms with Gasteiger partial charge in [-0.05, 0) is 19.1 Å². The van der Waals surface area contributed by atoms with Crippen molar-refractivity contribution in [3.63, 3.8) is 0 Å². The summed E-state index contributed by atoms with van der Waals surface area (Å²) in [5.41, 5.74) is 1.06. The normalized spacial score (nSPS) is 10.9. The monoisotopic (exact) mass is 397 g/mol. The second-order valence-electron chi connectivity index (χ2n) is 5.21. The van der Waals surface area contributed by atoms with Crippen LogP contribution in [0.15, 0.2) is 36.7 Å². The summed E-state index contributed by atoms with van der Waals surface area (Å²) in [7, 11) is 0. The third-order valence-corrected chi connectivity index (χ3v) is 4.56. The predicted molar refractivity (Wildman–Crippen MR) is 98.7 cm³/mol. The number of anilines is 1. The topological polar surface area (TPSA) is 64.7 Å². The lowest BCUT2D eigenvalue weighted by molar-refractivity contribution is 0.101. The molecule has 9 heteroatoms.